The Labute approximate surface area is 172 Å². The van der Waals surface area contributed by atoms with E-state index in [1.165, 1.54) is 24.3 Å². The van der Waals surface area contributed by atoms with Gasteiger partial charge in [0.05, 0.1) is 5.56 Å². The van der Waals surface area contributed by atoms with Crippen molar-refractivity contribution in [2.45, 2.75) is 0 Å². The van der Waals surface area contributed by atoms with Gasteiger partial charge in [0.2, 0.25) is 0 Å². The highest BCUT2D eigenvalue weighted by Crippen LogP contribution is 2.12. The lowest BCUT2D eigenvalue weighted by atomic mass is 10.0. The van der Waals surface area contributed by atoms with E-state index < -0.39 is 24.4 Å². The van der Waals surface area contributed by atoms with E-state index in [2.05, 4.69) is 10.9 Å². The average molecular weight is 402 g/mol. The van der Waals surface area contributed by atoms with E-state index in [-0.39, 0.29) is 11.3 Å². The molecule has 7 heteroatoms. The van der Waals surface area contributed by atoms with Crippen molar-refractivity contribution in [3.05, 3.63) is 107 Å². The molecular weight excluding hydrogens is 384 g/mol. The Hall–Kier alpha value is -4.26. The lowest BCUT2D eigenvalue weighted by Crippen LogP contribution is -2.43. The van der Waals surface area contributed by atoms with Crippen molar-refractivity contribution >= 4 is 23.6 Å². The maximum atomic E-state index is 12.4. The fourth-order valence-electron chi connectivity index (χ4n) is 2.55. The summed E-state index contributed by atoms with van der Waals surface area (Å²) in [5.41, 5.74) is 5.94. The topological polar surface area (TPSA) is 102 Å². The third kappa shape index (κ3) is 5.39. The van der Waals surface area contributed by atoms with Gasteiger partial charge in [-0.2, -0.15) is 0 Å². The molecule has 3 rings (SSSR count). The Balaban J connectivity index is 1.48. The summed E-state index contributed by atoms with van der Waals surface area (Å²) < 4.78 is 4.93. The Kier molecular flexibility index (Phi) is 6.68. The van der Waals surface area contributed by atoms with Gasteiger partial charge in [0.15, 0.2) is 12.4 Å². The van der Waals surface area contributed by atoms with Crippen LogP contribution < -0.4 is 10.9 Å². The summed E-state index contributed by atoms with van der Waals surface area (Å²) in [5.74, 6) is -2.07. The number of hydrogen-bond acceptors (Lipinski definition) is 5. The second-order valence-corrected chi connectivity index (χ2v) is 6.22. The van der Waals surface area contributed by atoms with Crippen LogP contribution in [-0.4, -0.2) is 30.2 Å². The van der Waals surface area contributed by atoms with Gasteiger partial charge in [-0.3, -0.25) is 25.2 Å². The van der Waals surface area contributed by atoms with Crippen LogP contribution in [0.4, 0.5) is 0 Å². The molecule has 0 aliphatic carbocycles. The highest BCUT2D eigenvalue weighted by atomic mass is 16.5. The van der Waals surface area contributed by atoms with Gasteiger partial charge in [0.25, 0.3) is 11.8 Å². The molecule has 150 valence electrons. The molecular formula is C23H18N2O5. The third-order valence-corrected chi connectivity index (χ3v) is 4.10. The molecule has 0 saturated carbocycles. The fourth-order valence-corrected chi connectivity index (χ4v) is 2.55. The van der Waals surface area contributed by atoms with Crippen LogP contribution in [0.15, 0.2) is 84.9 Å². The maximum absolute atomic E-state index is 12.4. The van der Waals surface area contributed by atoms with Crippen LogP contribution in [0.5, 0.6) is 0 Å². The number of nitrogens with one attached hydrogen (secondary N) is 2. The Morgan fingerprint density at radius 1 is 0.600 bits per heavy atom. The van der Waals surface area contributed by atoms with Gasteiger partial charge in [-0.15, -0.1) is 0 Å². The first-order chi connectivity index (χ1) is 14.5. The van der Waals surface area contributed by atoms with Crippen LogP contribution in [-0.2, 0) is 9.53 Å². The molecule has 2 amide bonds. The van der Waals surface area contributed by atoms with Crippen molar-refractivity contribution in [3.63, 3.8) is 0 Å². The summed E-state index contributed by atoms with van der Waals surface area (Å²) in [4.78, 5) is 48.1. The van der Waals surface area contributed by atoms with E-state index in [1.807, 2.05) is 6.07 Å². The second-order valence-electron chi connectivity index (χ2n) is 6.22. The first kappa shape index (κ1) is 20.5. The summed E-state index contributed by atoms with van der Waals surface area (Å²) in [5, 5.41) is 0. The quantitative estimate of drug-likeness (QED) is 0.375. The Morgan fingerprint density at radius 2 is 1.10 bits per heavy atom. The van der Waals surface area contributed by atoms with Crippen LogP contribution in [0.3, 0.4) is 0 Å². The molecule has 0 heterocycles. The molecule has 0 spiro atoms. The Bertz CT molecular complexity index is 1050. The van der Waals surface area contributed by atoms with Gasteiger partial charge < -0.3 is 4.74 Å². The van der Waals surface area contributed by atoms with Gasteiger partial charge in [-0.1, -0.05) is 60.7 Å². The number of ketones is 1. The molecule has 0 radical (unpaired) electrons. The molecule has 3 aromatic rings. The molecule has 0 aliphatic rings. The molecule has 0 bridgehead atoms. The van der Waals surface area contributed by atoms with Crippen LogP contribution >= 0.6 is 0 Å². The van der Waals surface area contributed by atoms with E-state index in [9.17, 15) is 19.2 Å². The van der Waals surface area contributed by atoms with Gasteiger partial charge >= 0.3 is 5.97 Å². The molecule has 0 aliphatic heterocycles. The van der Waals surface area contributed by atoms with Crippen molar-refractivity contribution in [1.82, 2.24) is 10.9 Å². The number of carbonyl (C=O) groups is 4. The van der Waals surface area contributed by atoms with E-state index in [4.69, 9.17) is 4.74 Å². The zero-order valence-electron chi connectivity index (χ0n) is 15.8. The summed E-state index contributed by atoms with van der Waals surface area (Å²) in [6.07, 6.45) is 0. The van der Waals surface area contributed by atoms with Crippen LogP contribution in [0.1, 0.15) is 36.6 Å². The second kappa shape index (κ2) is 9.79. The molecule has 0 aromatic heterocycles. The summed E-state index contributed by atoms with van der Waals surface area (Å²) in [6, 6.07) is 23.0. The number of rotatable bonds is 6. The number of ether oxygens (including phenoxy) is 1. The predicted molar refractivity (Wildman–Crippen MR) is 109 cm³/mol. The standard InChI is InChI=1S/C23H18N2O5/c26-20(24-25-22(28)18-9-5-2-6-10-18)15-30-23(29)19-13-11-17(12-14-19)21(27)16-7-3-1-4-8-16/h1-14H,15H2,(H,24,26)(H,25,28). The molecule has 0 saturated heterocycles. The highest BCUT2D eigenvalue weighted by molar-refractivity contribution is 6.09. The van der Waals surface area contributed by atoms with Crippen LogP contribution in [0, 0.1) is 0 Å². The zero-order valence-corrected chi connectivity index (χ0v) is 15.8. The van der Waals surface area contributed by atoms with Crippen LogP contribution in [0.25, 0.3) is 0 Å². The monoisotopic (exact) mass is 402 g/mol. The fraction of sp³-hybridized carbons (Fsp3) is 0.0435. The SMILES string of the molecule is O=C(COC(=O)c1ccc(C(=O)c2ccccc2)cc1)NNC(=O)c1ccccc1. The van der Waals surface area contributed by atoms with Gasteiger partial charge in [-0.25, -0.2) is 4.79 Å². The molecule has 0 atom stereocenters. The van der Waals surface area contributed by atoms with Crippen molar-refractivity contribution in [3.8, 4) is 0 Å². The lowest BCUT2D eigenvalue weighted by molar-refractivity contribution is -0.125. The number of benzene rings is 3. The molecule has 30 heavy (non-hydrogen) atoms. The normalized spacial score (nSPS) is 10.0. The molecule has 7 nitrogen and oxygen atoms in total. The minimum atomic E-state index is -0.724. The molecule has 2 N–H and O–H groups in total. The third-order valence-electron chi connectivity index (χ3n) is 4.10. The number of amides is 2. The van der Waals surface area contributed by atoms with Crippen molar-refractivity contribution < 1.29 is 23.9 Å². The number of hydrogen-bond donors (Lipinski definition) is 2. The average Bonchev–Trinajstić information content (AvgIpc) is 2.81. The number of esters is 1. The van der Waals surface area contributed by atoms with Gasteiger partial charge in [-0.05, 0) is 24.3 Å². The van der Waals surface area contributed by atoms with Crippen molar-refractivity contribution in [1.29, 1.82) is 0 Å². The summed E-state index contributed by atoms with van der Waals surface area (Å²) >= 11 is 0. The predicted octanol–water partition coefficient (Wildman–Crippen LogP) is 2.54. The largest absolute Gasteiger partial charge is 0.452 e. The van der Waals surface area contributed by atoms with E-state index >= 15 is 0 Å². The van der Waals surface area contributed by atoms with E-state index in [0.29, 0.717) is 16.7 Å². The maximum Gasteiger partial charge on any atom is 0.338 e. The van der Waals surface area contributed by atoms with Gasteiger partial charge in [0.1, 0.15) is 0 Å². The van der Waals surface area contributed by atoms with Crippen molar-refractivity contribution in [2.24, 2.45) is 0 Å². The van der Waals surface area contributed by atoms with E-state index in [0.717, 1.165) is 0 Å². The molecule has 3 aromatic carbocycles. The van der Waals surface area contributed by atoms with Crippen molar-refractivity contribution in [2.75, 3.05) is 6.61 Å². The minimum absolute atomic E-state index is 0.163. The first-order valence-electron chi connectivity index (χ1n) is 9.06. The smallest absolute Gasteiger partial charge is 0.338 e. The number of carbonyl (C=O) groups excluding carboxylic acids is 4. The summed E-state index contributed by atoms with van der Waals surface area (Å²) in [6.45, 7) is -0.571. The number of hydrazine groups is 1. The highest BCUT2D eigenvalue weighted by Gasteiger charge is 2.13. The Morgan fingerprint density at radius 3 is 1.70 bits per heavy atom. The zero-order chi connectivity index (χ0) is 21.3. The minimum Gasteiger partial charge on any atom is -0.452 e. The van der Waals surface area contributed by atoms with E-state index in [1.54, 1.807) is 54.6 Å². The first-order valence-corrected chi connectivity index (χ1v) is 9.06. The molecule has 0 unspecified atom stereocenters. The lowest BCUT2D eigenvalue weighted by Gasteiger charge is -2.08. The van der Waals surface area contributed by atoms with Crippen LogP contribution in [0.2, 0.25) is 0 Å². The summed E-state index contributed by atoms with van der Waals surface area (Å²) in [7, 11) is 0. The van der Waals surface area contributed by atoms with Gasteiger partial charge in [0, 0.05) is 16.7 Å². The molecule has 0 fully saturated rings.